The topological polar surface area (TPSA) is 93.1 Å². The van der Waals surface area contributed by atoms with E-state index in [1.165, 1.54) is 0 Å². The minimum atomic E-state index is -3.88. The maximum Gasteiger partial charge on any atom is 0.241 e. The number of sulfonamides is 1. The minimum absolute atomic E-state index is 0.129. The van der Waals surface area contributed by atoms with Gasteiger partial charge in [0, 0.05) is 18.3 Å². The third-order valence-electron chi connectivity index (χ3n) is 5.39. The van der Waals surface area contributed by atoms with Gasteiger partial charge in [0.15, 0.2) is 0 Å². The molecule has 0 saturated heterocycles. The van der Waals surface area contributed by atoms with E-state index in [4.69, 9.17) is 0 Å². The predicted molar refractivity (Wildman–Crippen MR) is 128 cm³/mol. The zero-order valence-corrected chi connectivity index (χ0v) is 19.3. The molecule has 2 N–H and O–H groups in total. The lowest BCUT2D eigenvalue weighted by Gasteiger charge is -2.21. The highest BCUT2D eigenvalue weighted by atomic mass is 32.2. The van der Waals surface area contributed by atoms with E-state index in [2.05, 4.69) is 15.1 Å². The van der Waals surface area contributed by atoms with E-state index in [-0.39, 0.29) is 23.3 Å². The quantitative estimate of drug-likeness (QED) is 0.418. The molecule has 3 aromatic carbocycles. The monoisotopic (exact) mass is 462 g/mol. The van der Waals surface area contributed by atoms with Crippen LogP contribution in [0.1, 0.15) is 19.4 Å². The number of carbonyl (C=O) groups excluding carboxylic acids is 1. The molecule has 170 valence electrons. The summed E-state index contributed by atoms with van der Waals surface area (Å²) in [7, 11) is -3.88. The Hall–Kier alpha value is -3.49. The molecule has 1 heterocycles. The first-order chi connectivity index (χ1) is 15.8. The molecular weight excluding hydrogens is 436 g/mol. The fourth-order valence-electron chi connectivity index (χ4n) is 3.53. The van der Waals surface area contributed by atoms with Gasteiger partial charge in [-0.05, 0) is 41.0 Å². The molecule has 1 unspecified atom stereocenters. The Morgan fingerprint density at radius 1 is 0.970 bits per heavy atom. The van der Waals surface area contributed by atoms with Gasteiger partial charge in [-0.1, -0.05) is 62.4 Å². The summed E-state index contributed by atoms with van der Waals surface area (Å²) in [4.78, 5) is 13.0. The summed E-state index contributed by atoms with van der Waals surface area (Å²) in [5.41, 5.74) is 1.73. The summed E-state index contributed by atoms with van der Waals surface area (Å²) in [6.07, 6.45) is 3.51. The van der Waals surface area contributed by atoms with E-state index in [1.54, 1.807) is 42.9 Å². The molecular formula is C25H26N4O3S. The zero-order chi connectivity index (χ0) is 23.4. The largest absolute Gasteiger partial charge is 0.351 e. The number of nitrogens with one attached hydrogen (secondary N) is 2. The predicted octanol–water partition coefficient (Wildman–Crippen LogP) is 3.64. The Morgan fingerprint density at radius 2 is 1.67 bits per heavy atom. The van der Waals surface area contributed by atoms with Crippen LogP contribution in [0.4, 0.5) is 0 Å². The van der Waals surface area contributed by atoms with Crippen molar-refractivity contribution in [3.8, 4) is 5.69 Å². The Balaban J connectivity index is 1.45. The van der Waals surface area contributed by atoms with Crippen LogP contribution in [0.25, 0.3) is 16.5 Å². The molecule has 0 aliphatic heterocycles. The van der Waals surface area contributed by atoms with Gasteiger partial charge in [0.25, 0.3) is 0 Å². The lowest BCUT2D eigenvalue weighted by atomic mass is 10.1. The number of fused-ring (bicyclic) bond motifs is 1. The van der Waals surface area contributed by atoms with Crippen LogP contribution in [0.2, 0.25) is 0 Å². The summed E-state index contributed by atoms with van der Waals surface area (Å²) in [6, 6.07) is 21.2. The minimum Gasteiger partial charge on any atom is -0.351 e. The molecule has 33 heavy (non-hydrogen) atoms. The van der Waals surface area contributed by atoms with Crippen molar-refractivity contribution in [1.29, 1.82) is 0 Å². The average molecular weight is 463 g/mol. The van der Waals surface area contributed by atoms with Crippen LogP contribution >= 0.6 is 0 Å². The average Bonchev–Trinajstić information content (AvgIpc) is 3.30. The number of carbonyl (C=O) groups is 1. The second-order valence-electron chi connectivity index (χ2n) is 8.20. The Morgan fingerprint density at radius 3 is 2.39 bits per heavy atom. The van der Waals surface area contributed by atoms with E-state index in [0.717, 1.165) is 22.0 Å². The van der Waals surface area contributed by atoms with Gasteiger partial charge >= 0.3 is 0 Å². The molecule has 0 aliphatic carbocycles. The molecule has 0 spiro atoms. The SMILES string of the molecule is CC(C)C(NS(=O)(=O)c1ccc2ccccc2c1)C(=O)NCc1cnn(-c2ccccc2)c1. The third-order valence-corrected chi connectivity index (χ3v) is 6.82. The van der Waals surface area contributed by atoms with E-state index in [0.29, 0.717) is 0 Å². The number of rotatable bonds is 8. The fourth-order valence-corrected chi connectivity index (χ4v) is 4.91. The number of aromatic nitrogens is 2. The van der Waals surface area contributed by atoms with E-state index < -0.39 is 16.1 Å². The van der Waals surface area contributed by atoms with Crippen LogP contribution in [0.15, 0.2) is 90.1 Å². The summed E-state index contributed by atoms with van der Waals surface area (Å²) < 4.78 is 30.4. The summed E-state index contributed by atoms with van der Waals surface area (Å²) in [6.45, 7) is 3.85. The highest BCUT2D eigenvalue weighted by Crippen LogP contribution is 2.20. The lowest BCUT2D eigenvalue weighted by molar-refractivity contribution is -0.123. The lowest BCUT2D eigenvalue weighted by Crippen LogP contribution is -2.49. The van der Waals surface area contributed by atoms with Gasteiger partial charge in [0.05, 0.1) is 16.8 Å². The van der Waals surface area contributed by atoms with Crippen molar-refractivity contribution in [2.75, 3.05) is 0 Å². The van der Waals surface area contributed by atoms with Crippen LogP contribution in [0.3, 0.4) is 0 Å². The number of benzene rings is 3. The van der Waals surface area contributed by atoms with Crippen molar-refractivity contribution in [3.63, 3.8) is 0 Å². The first-order valence-electron chi connectivity index (χ1n) is 10.7. The van der Waals surface area contributed by atoms with Crippen LogP contribution in [-0.4, -0.2) is 30.1 Å². The molecule has 1 aromatic heterocycles. The zero-order valence-electron chi connectivity index (χ0n) is 18.5. The van der Waals surface area contributed by atoms with Gasteiger partial charge in [0.2, 0.25) is 15.9 Å². The van der Waals surface area contributed by atoms with E-state index in [9.17, 15) is 13.2 Å². The number of amides is 1. The maximum absolute atomic E-state index is 13.0. The molecule has 7 nitrogen and oxygen atoms in total. The highest BCUT2D eigenvalue weighted by molar-refractivity contribution is 7.89. The molecule has 4 aromatic rings. The van der Waals surface area contributed by atoms with Crippen LogP contribution < -0.4 is 10.0 Å². The van der Waals surface area contributed by atoms with Crippen LogP contribution in [0.5, 0.6) is 0 Å². The summed E-state index contributed by atoms with van der Waals surface area (Å²) in [5, 5.41) is 8.92. The van der Waals surface area contributed by atoms with Crippen molar-refractivity contribution in [2.45, 2.75) is 31.3 Å². The molecule has 0 radical (unpaired) electrons. The van der Waals surface area contributed by atoms with Crippen molar-refractivity contribution in [2.24, 2.45) is 5.92 Å². The standard InChI is InChI=1S/C25H26N4O3S/c1-18(2)24(28-33(31,32)23-13-12-20-8-6-7-9-21(20)14-23)25(30)26-15-19-16-27-29(17-19)22-10-4-3-5-11-22/h3-14,16-18,24,28H,15H2,1-2H3,(H,26,30). The number of hydrogen-bond donors (Lipinski definition) is 2. The van der Waals surface area contributed by atoms with Gasteiger partial charge in [0.1, 0.15) is 6.04 Å². The number of nitrogens with zero attached hydrogens (tertiary/aromatic N) is 2. The van der Waals surface area contributed by atoms with E-state index >= 15 is 0 Å². The van der Waals surface area contributed by atoms with Gasteiger partial charge in [-0.15, -0.1) is 0 Å². The first-order valence-corrected chi connectivity index (χ1v) is 12.2. The molecule has 1 atom stereocenters. The number of hydrogen-bond acceptors (Lipinski definition) is 4. The molecule has 0 aliphatic rings. The van der Waals surface area contributed by atoms with Gasteiger partial charge in [-0.3, -0.25) is 4.79 Å². The summed E-state index contributed by atoms with van der Waals surface area (Å²) in [5.74, 6) is -0.630. The number of para-hydroxylation sites is 1. The first kappa shape index (κ1) is 22.7. The van der Waals surface area contributed by atoms with Crippen molar-refractivity contribution in [3.05, 3.63) is 90.8 Å². The Labute approximate surface area is 193 Å². The van der Waals surface area contributed by atoms with E-state index in [1.807, 2.05) is 60.8 Å². The smallest absolute Gasteiger partial charge is 0.241 e. The third kappa shape index (κ3) is 5.30. The van der Waals surface area contributed by atoms with Gasteiger partial charge in [-0.2, -0.15) is 9.82 Å². The molecule has 0 bridgehead atoms. The molecule has 0 fully saturated rings. The normalized spacial score (nSPS) is 12.7. The Kier molecular flexibility index (Phi) is 6.57. The van der Waals surface area contributed by atoms with Gasteiger partial charge < -0.3 is 5.32 Å². The van der Waals surface area contributed by atoms with Gasteiger partial charge in [-0.25, -0.2) is 13.1 Å². The fraction of sp³-hybridized carbons (Fsp3) is 0.200. The van der Waals surface area contributed by atoms with Crippen molar-refractivity contribution >= 4 is 26.7 Å². The maximum atomic E-state index is 13.0. The molecule has 4 rings (SSSR count). The van der Waals surface area contributed by atoms with Crippen LogP contribution in [-0.2, 0) is 21.4 Å². The highest BCUT2D eigenvalue weighted by Gasteiger charge is 2.28. The molecule has 8 heteroatoms. The second-order valence-corrected chi connectivity index (χ2v) is 9.91. The summed E-state index contributed by atoms with van der Waals surface area (Å²) >= 11 is 0. The Bertz CT molecular complexity index is 1360. The van der Waals surface area contributed by atoms with Crippen LogP contribution in [0, 0.1) is 5.92 Å². The second kappa shape index (κ2) is 9.56. The molecule has 0 saturated carbocycles. The molecule has 1 amide bonds. The van der Waals surface area contributed by atoms with Crippen molar-refractivity contribution in [1.82, 2.24) is 19.8 Å². The van der Waals surface area contributed by atoms with Crippen molar-refractivity contribution < 1.29 is 13.2 Å².